The first kappa shape index (κ1) is 25.9. The van der Waals surface area contributed by atoms with Crippen LogP contribution >= 0.6 is 0 Å². The van der Waals surface area contributed by atoms with Gasteiger partial charge in [-0.3, -0.25) is 0 Å². The van der Waals surface area contributed by atoms with E-state index in [1.54, 1.807) is 12.0 Å². The van der Waals surface area contributed by atoms with Crippen molar-refractivity contribution >= 4 is 11.7 Å². The molecular weight excluding hydrogens is 434 g/mol. The first-order chi connectivity index (χ1) is 17.1. The van der Waals surface area contributed by atoms with Crippen molar-refractivity contribution in [1.82, 2.24) is 9.80 Å². The van der Waals surface area contributed by atoms with Gasteiger partial charge in [0.05, 0.1) is 7.11 Å². The van der Waals surface area contributed by atoms with E-state index in [1.807, 2.05) is 92.0 Å². The summed E-state index contributed by atoms with van der Waals surface area (Å²) in [7, 11) is 3.46. The number of hydrogen-bond acceptors (Lipinski definition) is 3. The molecule has 1 aliphatic rings. The van der Waals surface area contributed by atoms with Crippen molar-refractivity contribution in [3.05, 3.63) is 96.1 Å². The molecule has 1 saturated heterocycles. The molecule has 0 unspecified atom stereocenters. The monoisotopic (exact) mass is 469 g/mol. The lowest BCUT2D eigenvalue weighted by Gasteiger charge is -2.30. The predicted octanol–water partition coefficient (Wildman–Crippen LogP) is 5.73. The number of carbonyl (C=O) groups is 1. The lowest BCUT2D eigenvalue weighted by atomic mass is 10.2. The van der Waals surface area contributed by atoms with Crippen molar-refractivity contribution in [2.45, 2.75) is 19.3 Å². The zero-order valence-electron chi connectivity index (χ0n) is 20.7. The first-order valence-electron chi connectivity index (χ1n) is 12.1. The highest BCUT2D eigenvalue weighted by atomic mass is 16.5. The van der Waals surface area contributed by atoms with Gasteiger partial charge in [-0.25, -0.2) is 4.79 Å². The molecule has 1 aliphatic heterocycles. The van der Waals surface area contributed by atoms with E-state index in [0.717, 1.165) is 48.5 Å². The average Bonchev–Trinajstić information content (AvgIpc) is 2.88. The number of hydrogen-bond donors (Lipinski definition) is 1. The maximum absolute atomic E-state index is 12.0. The number of methoxy groups -OCH3 is 1. The number of carbonyl (C=O) groups excluding carboxylic acids is 1. The van der Waals surface area contributed by atoms with Crippen molar-refractivity contribution in [3.8, 4) is 17.6 Å². The highest BCUT2D eigenvalue weighted by Gasteiger charge is 2.13. The van der Waals surface area contributed by atoms with Gasteiger partial charge in [-0.2, -0.15) is 0 Å². The summed E-state index contributed by atoms with van der Waals surface area (Å²) in [6.07, 6.45) is 3.54. The third-order valence-electron chi connectivity index (χ3n) is 5.75. The van der Waals surface area contributed by atoms with Gasteiger partial charge in [-0.05, 0) is 87.4 Å². The Kier molecular flexibility index (Phi) is 10.7. The molecule has 0 atom stereocenters. The molecule has 3 aromatic carbocycles. The van der Waals surface area contributed by atoms with Crippen LogP contribution in [0.2, 0.25) is 0 Å². The number of unbranched alkanes of at least 4 members (excludes halogenated alkanes) is 1. The average molecular weight is 470 g/mol. The number of benzene rings is 3. The second-order valence-corrected chi connectivity index (χ2v) is 8.46. The van der Waals surface area contributed by atoms with E-state index in [9.17, 15) is 4.79 Å². The molecule has 4 rings (SSSR count). The summed E-state index contributed by atoms with van der Waals surface area (Å²) in [6.45, 7) is 4.44. The van der Waals surface area contributed by atoms with Crippen LogP contribution in [0, 0.1) is 11.8 Å². The van der Waals surface area contributed by atoms with Crippen LogP contribution in [0.3, 0.4) is 0 Å². The molecule has 0 aromatic heterocycles. The van der Waals surface area contributed by atoms with Crippen molar-refractivity contribution in [3.63, 3.8) is 0 Å². The fraction of sp³-hybridized carbons (Fsp3) is 0.300. The Morgan fingerprint density at radius 3 is 1.94 bits per heavy atom. The van der Waals surface area contributed by atoms with E-state index in [4.69, 9.17) is 4.74 Å². The Labute approximate surface area is 209 Å². The number of anilines is 1. The molecule has 3 aromatic rings. The normalized spacial score (nSPS) is 12.2. The van der Waals surface area contributed by atoms with Crippen LogP contribution in [-0.4, -0.2) is 56.2 Å². The maximum atomic E-state index is 12.0. The second kappa shape index (κ2) is 14.5. The van der Waals surface area contributed by atoms with E-state index in [2.05, 4.69) is 22.1 Å². The van der Waals surface area contributed by atoms with Gasteiger partial charge in [-0.15, -0.1) is 0 Å². The van der Waals surface area contributed by atoms with Gasteiger partial charge < -0.3 is 19.9 Å². The van der Waals surface area contributed by atoms with Crippen molar-refractivity contribution < 1.29 is 9.53 Å². The van der Waals surface area contributed by atoms with E-state index < -0.39 is 0 Å². The fourth-order valence-corrected chi connectivity index (χ4v) is 3.47. The minimum atomic E-state index is -0.0656. The molecular formula is C30H35N3O2. The zero-order chi connectivity index (χ0) is 24.7. The predicted molar refractivity (Wildman–Crippen MR) is 144 cm³/mol. The topological polar surface area (TPSA) is 44.8 Å². The number of ether oxygens (including phenoxy) is 1. The lowest BCUT2D eigenvalue weighted by molar-refractivity contribution is 0.175. The van der Waals surface area contributed by atoms with Gasteiger partial charge in [-0.1, -0.05) is 48.2 Å². The highest BCUT2D eigenvalue weighted by Crippen LogP contribution is 2.15. The molecule has 1 N–H and O–H groups in total. The summed E-state index contributed by atoms with van der Waals surface area (Å²) in [6, 6.07) is 27.3. The molecule has 1 heterocycles. The van der Waals surface area contributed by atoms with Gasteiger partial charge in [0.1, 0.15) is 5.75 Å². The van der Waals surface area contributed by atoms with Crippen molar-refractivity contribution in [2.24, 2.45) is 0 Å². The highest BCUT2D eigenvalue weighted by molar-refractivity contribution is 5.89. The number of likely N-dealkylation sites (tertiary alicyclic amines) is 1. The number of nitrogens with zero attached hydrogens (tertiary/aromatic N) is 2. The van der Waals surface area contributed by atoms with Gasteiger partial charge in [0.2, 0.25) is 0 Å². The molecule has 35 heavy (non-hydrogen) atoms. The molecule has 5 heteroatoms. The van der Waals surface area contributed by atoms with E-state index in [-0.39, 0.29) is 6.03 Å². The van der Waals surface area contributed by atoms with Crippen LogP contribution in [0.5, 0.6) is 5.75 Å². The number of nitrogens with one attached hydrogen (secondary N) is 1. The Balaban J connectivity index is 0.000000211. The Morgan fingerprint density at radius 2 is 1.46 bits per heavy atom. The van der Waals surface area contributed by atoms with Gasteiger partial charge in [0, 0.05) is 30.4 Å². The van der Waals surface area contributed by atoms with E-state index >= 15 is 0 Å². The van der Waals surface area contributed by atoms with E-state index in [0.29, 0.717) is 0 Å². The molecule has 1 fully saturated rings. The van der Waals surface area contributed by atoms with Crippen molar-refractivity contribution in [1.29, 1.82) is 0 Å². The van der Waals surface area contributed by atoms with Gasteiger partial charge >= 0.3 is 6.03 Å². The zero-order valence-corrected chi connectivity index (χ0v) is 20.7. The van der Waals surface area contributed by atoms with Crippen molar-refractivity contribution in [2.75, 3.05) is 45.7 Å². The maximum Gasteiger partial charge on any atom is 0.321 e. The molecule has 0 aliphatic carbocycles. The Bertz CT molecular complexity index is 1030. The van der Waals surface area contributed by atoms with Gasteiger partial charge in [0.15, 0.2) is 0 Å². The molecule has 182 valence electrons. The third-order valence-corrected chi connectivity index (χ3v) is 5.75. The largest absolute Gasteiger partial charge is 0.497 e. The van der Waals surface area contributed by atoms with Crippen LogP contribution in [0.4, 0.5) is 10.5 Å². The minimum Gasteiger partial charge on any atom is -0.497 e. The van der Waals surface area contributed by atoms with Crippen LogP contribution in [-0.2, 0) is 0 Å². The number of urea groups is 1. The molecule has 2 amide bonds. The molecule has 0 spiro atoms. The summed E-state index contributed by atoms with van der Waals surface area (Å²) in [5.74, 6) is 7.01. The minimum absolute atomic E-state index is 0.0656. The smallest absolute Gasteiger partial charge is 0.321 e. The van der Waals surface area contributed by atoms with Crippen LogP contribution in [0.15, 0.2) is 84.9 Å². The summed E-state index contributed by atoms with van der Waals surface area (Å²) < 4.78 is 5.09. The van der Waals surface area contributed by atoms with Crippen LogP contribution in [0.25, 0.3) is 0 Å². The molecule has 0 radical (unpaired) electrons. The summed E-state index contributed by atoms with van der Waals surface area (Å²) >= 11 is 0. The second-order valence-electron chi connectivity index (χ2n) is 8.46. The summed E-state index contributed by atoms with van der Waals surface area (Å²) in [5, 5.41) is 2.89. The Hall–Kier alpha value is -3.75. The molecule has 0 saturated carbocycles. The summed E-state index contributed by atoms with van der Waals surface area (Å²) in [4.78, 5) is 16.2. The first-order valence-corrected chi connectivity index (χ1v) is 12.1. The quantitative estimate of drug-likeness (QED) is 0.355. The fourth-order valence-electron chi connectivity index (χ4n) is 3.47. The van der Waals surface area contributed by atoms with Gasteiger partial charge in [0.25, 0.3) is 0 Å². The number of rotatable bonds is 7. The summed E-state index contributed by atoms with van der Waals surface area (Å²) in [5.41, 5.74) is 2.89. The van der Waals surface area contributed by atoms with E-state index in [1.165, 1.54) is 19.5 Å². The number of amides is 2. The Morgan fingerprint density at radius 1 is 0.886 bits per heavy atom. The third kappa shape index (κ3) is 9.56. The SMILES string of the molecule is C(#Cc1ccccc1)c1ccccc1.COc1ccc(NC(=O)N(C)CCCCN2CCC2)cc1. The molecule has 0 bridgehead atoms. The van der Waals surface area contributed by atoms with Crippen LogP contribution in [0.1, 0.15) is 30.4 Å². The lowest BCUT2D eigenvalue weighted by Crippen LogP contribution is -2.38. The van der Waals surface area contributed by atoms with Crippen LogP contribution < -0.4 is 10.1 Å². The standard InChI is InChI=1S/C16H25N3O2.C14H10/c1-18(10-3-4-11-19-12-5-13-19)16(20)17-14-6-8-15(21-2)9-7-14;1-3-7-13(8-4-1)11-12-14-9-5-2-6-10-14/h6-9H,3-5,10-13H2,1-2H3,(H,17,20);1-10H. The molecule has 5 nitrogen and oxygen atoms in total.